The van der Waals surface area contributed by atoms with Crippen molar-refractivity contribution >= 4 is 11.9 Å². The Morgan fingerprint density at radius 2 is 1.85 bits per heavy atom. The Morgan fingerprint density at radius 1 is 1.30 bits per heavy atom. The molecule has 0 aliphatic carbocycles. The molecule has 0 bridgehead atoms. The van der Waals surface area contributed by atoms with Crippen LogP contribution in [0.25, 0.3) is 0 Å². The smallest absolute Gasteiger partial charge is 0.411 e. The summed E-state index contributed by atoms with van der Waals surface area (Å²) < 4.78 is 46.1. The lowest BCUT2D eigenvalue weighted by Crippen LogP contribution is -2.43. The molecule has 1 atom stereocenters. The third-order valence-corrected chi connectivity index (χ3v) is 2.23. The summed E-state index contributed by atoms with van der Waals surface area (Å²) in [6.07, 6.45) is -4.96. The highest BCUT2D eigenvalue weighted by Crippen LogP contribution is 2.19. The van der Waals surface area contributed by atoms with Crippen LogP contribution in [0.15, 0.2) is 11.8 Å². The second-order valence-electron chi connectivity index (χ2n) is 4.21. The predicted octanol–water partition coefficient (Wildman–Crippen LogP) is 1.78. The molecule has 0 aliphatic rings. The van der Waals surface area contributed by atoms with Gasteiger partial charge in [-0.3, -0.25) is 0 Å². The molecule has 0 rings (SSSR count). The molecule has 0 amide bonds. The van der Waals surface area contributed by atoms with Gasteiger partial charge in [-0.05, 0) is 12.8 Å². The molecule has 0 aromatic rings. The zero-order valence-corrected chi connectivity index (χ0v) is 11.7. The normalized spacial score (nSPS) is 13.9. The van der Waals surface area contributed by atoms with Crippen molar-refractivity contribution in [3.8, 4) is 0 Å². The minimum Gasteiger partial charge on any atom is -0.464 e. The lowest BCUT2D eigenvalue weighted by atomic mass is 10.0. The van der Waals surface area contributed by atoms with E-state index in [4.69, 9.17) is 4.74 Å². The van der Waals surface area contributed by atoms with Crippen LogP contribution in [0.1, 0.15) is 20.8 Å². The van der Waals surface area contributed by atoms with Gasteiger partial charge in [0.05, 0.1) is 13.7 Å². The van der Waals surface area contributed by atoms with Gasteiger partial charge < -0.3 is 14.8 Å². The molecule has 8 heteroatoms. The fraction of sp³-hybridized carbons (Fsp3) is 0.667. The number of carbonyl (C=O) groups is 2. The molecule has 0 saturated carbocycles. The Bertz CT molecular complexity index is 377. The number of alkyl halides is 3. The molecular weight excluding hydrogens is 279 g/mol. The first-order chi connectivity index (χ1) is 9.12. The van der Waals surface area contributed by atoms with E-state index in [1.54, 1.807) is 20.8 Å². The molecule has 20 heavy (non-hydrogen) atoms. The van der Waals surface area contributed by atoms with Gasteiger partial charge in [0.1, 0.15) is 11.7 Å². The van der Waals surface area contributed by atoms with Crippen molar-refractivity contribution in [3.05, 3.63) is 11.8 Å². The van der Waals surface area contributed by atoms with Gasteiger partial charge in [-0.25, -0.2) is 9.59 Å². The van der Waals surface area contributed by atoms with Crippen molar-refractivity contribution in [2.24, 2.45) is 5.92 Å². The van der Waals surface area contributed by atoms with Gasteiger partial charge in [0.25, 0.3) is 0 Å². The summed E-state index contributed by atoms with van der Waals surface area (Å²) in [6, 6.07) is -1.08. The first-order valence-electron chi connectivity index (χ1n) is 5.93. The molecule has 1 N–H and O–H groups in total. The number of hydrogen-bond acceptors (Lipinski definition) is 5. The number of esters is 2. The van der Waals surface area contributed by atoms with Crippen LogP contribution in [0.2, 0.25) is 0 Å². The van der Waals surface area contributed by atoms with Gasteiger partial charge in [-0.1, -0.05) is 13.8 Å². The molecule has 0 aromatic heterocycles. The van der Waals surface area contributed by atoms with E-state index in [0.29, 0.717) is 0 Å². The van der Waals surface area contributed by atoms with Crippen molar-refractivity contribution in [1.82, 2.24) is 5.32 Å². The summed E-state index contributed by atoms with van der Waals surface area (Å²) in [6.45, 7) is 4.87. The van der Waals surface area contributed by atoms with Crippen LogP contribution < -0.4 is 5.32 Å². The number of nitrogens with one attached hydrogen (secondary N) is 1. The van der Waals surface area contributed by atoms with Crippen molar-refractivity contribution in [1.29, 1.82) is 0 Å². The molecular formula is C12H18F3NO4. The minimum atomic E-state index is -4.72. The molecule has 1 unspecified atom stereocenters. The Morgan fingerprint density at radius 3 is 2.20 bits per heavy atom. The maximum Gasteiger partial charge on any atom is 0.411 e. The number of hydrogen-bond donors (Lipinski definition) is 1. The highest BCUT2D eigenvalue weighted by Gasteiger charge is 2.31. The van der Waals surface area contributed by atoms with E-state index in [1.165, 1.54) is 0 Å². The van der Waals surface area contributed by atoms with Crippen molar-refractivity contribution in [2.45, 2.75) is 33.0 Å². The average Bonchev–Trinajstić information content (AvgIpc) is 2.31. The number of halogens is 3. The van der Waals surface area contributed by atoms with Crippen LogP contribution in [-0.4, -0.2) is 37.9 Å². The molecule has 0 aliphatic heterocycles. The van der Waals surface area contributed by atoms with Gasteiger partial charge in [-0.2, -0.15) is 13.2 Å². The minimum absolute atomic E-state index is 0.0836. The molecule has 5 nitrogen and oxygen atoms in total. The molecule has 0 heterocycles. The number of methoxy groups -OCH3 is 1. The summed E-state index contributed by atoms with van der Waals surface area (Å²) in [4.78, 5) is 23.0. The van der Waals surface area contributed by atoms with Crippen molar-refractivity contribution in [2.75, 3.05) is 13.7 Å². The number of carbonyl (C=O) groups excluding carboxylic acids is 2. The van der Waals surface area contributed by atoms with Gasteiger partial charge in [-0.15, -0.1) is 0 Å². The van der Waals surface area contributed by atoms with Crippen LogP contribution in [0.5, 0.6) is 0 Å². The Labute approximate surface area is 115 Å². The standard InChI is InChI=1S/C12H18F3NO4/c1-5-20-11(18)9(7(2)3)16-8(10(17)19-4)6-12(13,14)15/h6-7,9,16H,5H2,1-4H3/b8-6-. The van der Waals surface area contributed by atoms with Gasteiger partial charge in [0.15, 0.2) is 0 Å². The molecule has 0 spiro atoms. The summed E-state index contributed by atoms with van der Waals surface area (Å²) in [5.41, 5.74) is -0.841. The fourth-order valence-electron chi connectivity index (χ4n) is 1.33. The maximum absolute atomic E-state index is 12.4. The quantitative estimate of drug-likeness (QED) is 0.598. The Balaban J connectivity index is 5.25. The number of ether oxygens (including phenoxy) is 2. The first kappa shape index (κ1) is 18.3. The topological polar surface area (TPSA) is 64.6 Å². The Hall–Kier alpha value is -1.73. The third-order valence-electron chi connectivity index (χ3n) is 2.23. The van der Waals surface area contributed by atoms with Crippen LogP contribution in [0.3, 0.4) is 0 Å². The van der Waals surface area contributed by atoms with Gasteiger partial charge >= 0.3 is 18.1 Å². The molecule has 0 fully saturated rings. The van der Waals surface area contributed by atoms with E-state index >= 15 is 0 Å². The second kappa shape index (κ2) is 7.76. The third kappa shape index (κ3) is 6.44. The monoisotopic (exact) mass is 297 g/mol. The van der Waals surface area contributed by atoms with Crippen molar-refractivity contribution in [3.63, 3.8) is 0 Å². The predicted molar refractivity (Wildman–Crippen MR) is 64.5 cm³/mol. The van der Waals surface area contributed by atoms with Crippen LogP contribution in [0, 0.1) is 5.92 Å². The number of rotatable bonds is 6. The van der Waals surface area contributed by atoms with Crippen LogP contribution >= 0.6 is 0 Å². The summed E-state index contributed by atoms with van der Waals surface area (Å²) in [7, 11) is 0.947. The molecule has 0 aromatic carbocycles. The lowest BCUT2D eigenvalue weighted by molar-refractivity contribution is -0.147. The van der Waals surface area contributed by atoms with E-state index in [1.807, 2.05) is 0 Å². The van der Waals surface area contributed by atoms with E-state index in [9.17, 15) is 22.8 Å². The SMILES string of the molecule is CCOC(=O)C(N/C(=C\C(F)(F)F)C(=O)OC)C(C)C. The van der Waals surface area contributed by atoms with E-state index in [2.05, 4.69) is 10.1 Å². The fourth-order valence-corrected chi connectivity index (χ4v) is 1.33. The van der Waals surface area contributed by atoms with Crippen LogP contribution in [0.4, 0.5) is 13.2 Å². The zero-order valence-electron chi connectivity index (χ0n) is 11.7. The highest BCUT2D eigenvalue weighted by molar-refractivity contribution is 5.89. The average molecular weight is 297 g/mol. The van der Waals surface area contributed by atoms with E-state index in [0.717, 1.165) is 7.11 Å². The largest absolute Gasteiger partial charge is 0.464 e. The lowest BCUT2D eigenvalue weighted by Gasteiger charge is -2.22. The molecule has 116 valence electrons. The molecule has 0 radical (unpaired) electrons. The summed E-state index contributed by atoms with van der Waals surface area (Å²) in [5, 5.41) is 2.24. The van der Waals surface area contributed by atoms with E-state index in [-0.39, 0.29) is 18.6 Å². The highest BCUT2D eigenvalue weighted by atomic mass is 19.4. The summed E-state index contributed by atoms with van der Waals surface area (Å²) >= 11 is 0. The zero-order chi connectivity index (χ0) is 15.9. The van der Waals surface area contributed by atoms with Gasteiger partial charge in [0, 0.05) is 6.08 Å². The van der Waals surface area contributed by atoms with Gasteiger partial charge in [0.2, 0.25) is 0 Å². The van der Waals surface area contributed by atoms with E-state index < -0.39 is 29.9 Å². The summed E-state index contributed by atoms with van der Waals surface area (Å²) in [5.74, 6) is -2.33. The van der Waals surface area contributed by atoms with Crippen molar-refractivity contribution < 1.29 is 32.2 Å². The Kier molecular flexibility index (Phi) is 7.09. The molecule has 0 saturated heterocycles. The first-order valence-corrected chi connectivity index (χ1v) is 5.93. The van der Waals surface area contributed by atoms with Crippen LogP contribution in [-0.2, 0) is 19.1 Å². The maximum atomic E-state index is 12.4. The number of allylic oxidation sites excluding steroid dienone is 1. The second-order valence-corrected chi connectivity index (χ2v) is 4.21.